The molecule has 1 aromatic carbocycles. The number of aromatic nitrogens is 3. The molecule has 3 aromatic rings. The summed E-state index contributed by atoms with van der Waals surface area (Å²) in [7, 11) is 1.79. The minimum atomic E-state index is 0. The zero-order valence-electron chi connectivity index (χ0n) is 18.9. The van der Waals surface area contributed by atoms with Crippen LogP contribution in [0.4, 0.5) is 5.69 Å². The quantitative estimate of drug-likeness (QED) is 0.205. The number of piperazine rings is 1. The molecule has 1 aliphatic heterocycles. The van der Waals surface area contributed by atoms with Gasteiger partial charge in [-0.1, -0.05) is 18.2 Å². The number of nitrogens with zero attached hydrogens (tertiary/aromatic N) is 6. The maximum absolute atomic E-state index is 4.32. The van der Waals surface area contributed by atoms with Crippen LogP contribution in [0.3, 0.4) is 0 Å². The number of nitrogens with one attached hydrogen (secondary N) is 2. The van der Waals surface area contributed by atoms with Crippen LogP contribution in [-0.4, -0.2) is 71.8 Å². The van der Waals surface area contributed by atoms with E-state index in [2.05, 4.69) is 66.8 Å². The summed E-state index contributed by atoms with van der Waals surface area (Å²) >= 11 is 0. The highest BCUT2D eigenvalue weighted by atomic mass is 127. The lowest BCUT2D eigenvalue weighted by molar-refractivity contribution is 0.255. The van der Waals surface area contributed by atoms with Gasteiger partial charge >= 0.3 is 0 Å². The second kappa shape index (κ2) is 12.0. The maximum atomic E-state index is 4.32. The number of aliphatic imine (C=N–C) groups is 1. The summed E-state index contributed by atoms with van der Waals surface area (Å²) < 4.78 is 1.98. The van der Waals surface area contributed by atoms with Crippen molar-refractivity contribution in [3.05, 3.63) is 60.0 Å². The Balaban J connectivity index is 0.00000289. The Morgan fingerprint density at radius 3 is 2.66 bits per heavy atom. The fraction of sp³-hybridized carbons (Fsp3) is 0.435. The van der Waals surface area contributed by atoms with Gasteiger partial charge in [-0.15, -0.1) is 34.2 Å². The summed E-state index contributed by atoms with van der Waals surface area (Å²) in [6.45, 7) is 9.12. The Kier molecular flexibility index (Phi) is 9.10. The van der Waals surface area contributed by atoms with Crippen molar-refractivity contribution in [3.63, 3.8) is 0 Å². The van der Waals surface area contributed by atoms with E-state index in [0.717, 1.165) is 63.1 Å². The second-order valence-electron chi connectivity index (χ2n) is 7.92. The van der Waals surface area contributed by atoms with Gasteiger partial charge in [0, 0.05) is 51.7 Å². The Morgan fingerprint density at radius 2 is 1.88 bits per heavy atom. The van der Waals surface area contributed by atoms with E-state index in [0.29, 0.717) is 6.54 Å². The van der Waals surface area contributed by atoms with E-state index in [9.17, 15) is 0 Å². The standard InChI is InChI=1S/C23H32N8.HI/c1-19-7-5-8-20(17-19)30-15-13-29(14-16-30)11-6-10-25-23(24-2)26-18-22-28-27-21-9-3-4-12-31(21)22;/h3-5,7-9,12,17H,6,10-11,13-16,18H2,1-2H3,(H2,24,25,26);1H. The van der Waals surface area contributed by atoms with Crippen molar-refractivity contribution in [2.24, 2.45) is 4.99 Å². The summed E-state index contributed by atoms with van der Waals surface area (Å²) in [5.74, 6) is 1.65. The van der Waals surface area contributed by atoms with Crippen LogP contribution in [0.5, 0.6) is 0 Å². The highest BCUT2D eigenvalue weighted by Crippen LogP contribution is 2.17. The van der Waals surface area contributed by atoms with Gasteiger partial charge in [0.2, 0.25) is 0 Å². The van der Waals surface area contributed by atoms with Gasteiger partial charge in [-0.2, -0.15) is 0 Å². The monoisotopic (exact) mass is 548 g/mol. The molecular weight excluding hydrogens is 515 g/mol. The third kappa shape index (κ3) is 6.32. The molecule has 1 saturated heterocycles. The molecule has 1 fully saturated rings. The maximum Gasteiger partial charge on any atom is 0.191 e. The number of hydrogen-bond donors (Lipinski definition) is 2. The van der Waals surface area contributed by atoms with Crippen LogP contribution in [0.25, 0.3) is 5.65 Å². The predicted molar refractivity (Wildman–Crippen MR) is 141 cm³/mol. The number of benzene rings is 1. The fourth-order valence-corrected chi connectivity index (χ4v) is 3.96. The number of guanidine groups is 1. The molecule has 0 amide bonds. The first-order chi connectivity index (χ1) is 15.2. The normalized spacial score (nSPS) is 14.9. The molecule has 0 atom stereocenters. The SMILES string of the molecule is CN=C(NCCCN1CCN(c2cccc(C)c2)CC1)NCc1nnc2ccccn12.I. The van der Waals surface area contributed by atoms with Crippen LogP contribution in [0.1, 0.15) is 17.8 Å². The summed E-state index contributed by atoms with van der Waals surface area (Å²) in [4.78, 5) is 9.36. The highest BCUT2D eigenvalue weighted by Gasteiger charge is 2.16. The number of fused-ring (bicyclic) bond motifs is 1. The number of pyridine rings is 1. The van der Waals surface area contributed by atoms with Crippen LogP contribution >= 0.6 is 24.0 Å². The number of halogens is 1. The molecule has 9 heteroatoms. The summed E-state index contributed by atoms with van der Waals surface area (Å²) in [5.41, 5.74) is 3.52. The third-order valence-corrected chi connectivity index (χ3v) is 5.70. The second-order valence-corrected chi connectivity index (χ2v) is 7.92. The summed E-state index contributed by atoms with van der Waals surface area (Å²) in [5, 5.41) is 15.2. The Morgan fingerprint density at radius 1 is 1.03 bits per heavy atom. The molecule has 0 aliphatic carbocycles. The van der Waals surface area contributed by atoms with Crippen LogP contribution in [0.2, 0.25) is 0 Å². The van der Waals surface area contributed by atoms with Gasteiger partial charge in [0.15, 0.2) is 17.4 Å². The molecule has 0 saturated carbocycles. The minimum Gasteiger partial charge on any atom is -0.369 e. The number of anilines is 1. The molecule has 4 rings (SSSR count). The minimum absolute atomic E-state index is 0. The van der Waals surface area contributed by atoms with Crippen LogP contribution in [-0.2, 0) is 6.54 Å². The van der Waals surface area contributed by atoms with E-state index >= 15 is 0 Å². The van der Waals surface area contributed by atoms with Crippen molar-refractivity contribution in [1.29, 1.82) is 0 Å². The molecule has 0 spiro atoms. The van der Waals surface area contributed by atoms with Gasteiger partial charge in [0.1, 0.15) is 0 Å². The molecule has 1 aliphatic rings. The van der Waals surface area contributed by atoms with Crippen molar-refractivity contribution in [1.82, 2.24) is 30.1 Å². The largest absolute Gasteiger partial charge is 0.369 e. The van der Waals surface area contributed by atoms with E-state index < -0.39 is 0 Å². The first kappa shape index (κ1) is 24.2. The lowest BCUT2D eigenvalue weighted by Gasteiger charge is -2.36. The van der Waals surface area contributed by atoms with Gasteiger partial charge < -0.3 is 15.5 Å². The van der Waals surface area contributed by atoms with Crippen molar-refractivity contribution >= 4 is 41.3 Å². The van der Waals surface area contributed by atoms with Crippen LogP contribution in [0, 0.1) is 6.92 Å². The molecule has 2 N–H and O–H groups in total. The van der Waals surface area contributed by atoms with Gasteiger partial charge in [0.25, 0.3) is 0 Å². The van der Waals surface area contributed by atoms with E-state index in [1.807, 2.05) is 28.8 Å². The first-order valence-electron chi connectivity index (χ1n) is 11.0. The molecule has 2 aromatic heterocycles. The molecule has 8 nitrogen and oxygen atoms in total. The van der Waals surface area contributed by atoms with Gasteiger partial charge in [-0.25, -0.2) is 0 Å². The Hall–Kier alpha value is -2.40. The molecular formula is C23H33IN8. The smallest absolute Gasteiger partial charge is 0.191 e. The Labute approximate surface area is 207 Å². The number of aryl methyl sites for hydroxylation is 1. The lowest BCUT2D eigenvalue weighted by atomic mass is 10.2. The van der Waals surface area contributed by atoms with E-state index in [1.165, 1.54) is 11.3 Å². The zero-order chi connectivity index (χ0) is 21.5. The summed E-state index contributed by atoms with van der Waals surface area (Å²) in [6, 6.07) is 14.7. The van der Waals surface area contributed by atoms with Crippen LogP contribution < -0.4 is 15.5 Å². The highest BCUT2D eigenvalue weighted by molar-refractivity contribution is 14.0. The first-order valence-corrected chi connectivity index (χ1v) is 11.0. The predicted octanol–water partition coefficient (Wildman–Crippen LogP) is 2.53. The van der Waals surface area contributed by atoms with Gasteiger partial charge in [-0.05, 0) is 49.7 Å². The zero-order valence-corrected chi connectivity index (χ0v) is 21.2. The van der Waals surface area contributed by atoms with E-state index in [4.69, 9.17) is 0 Å². The van der Waals surface area contributed by atoms with Crippen molar-refractivity contribution in [3.8, 4) is 0 Å². The average Bonchev–Trinajstić information content (AvgIpc) is 3.22. The molecule has 0 bridgehead atoms. The van der Waals surface area contributed by atoms with Crippen molar-refractivity contribution < 1.29 is 0 Å². The fourth-order valence-electron chi connectivity index (χ4n) is 3.96. The number of hydrogen-bond acceptors (Lipinski definition) is 5. The van der Waals surface area contributed by atoms with Crippen LogP contribution in [0.15, 0.2) is 53.7 Å². The van der Waals surface area contributed by atoms with Crippen molar-refractivity contribution in [2.45, 2.75) is 19.9 Å². The Bertz CT molecular complexity index is 1010. The third-order valence-electron chi connectivity index (χ3n) is 5.70. The molecule has 3 heterocycles. The topological polar surface area (TPSA) is 73.1 Å². The van der Waals surface area contributed by atoms with E-state index in [-0.39, 0.29) is 24.0 Å². The summed E-state index contributed by atoms with van der Waals surface area (Å²) in [6.07, 6.45) is 3.06. The average molecular weight is 548 g/mol. The van der Waals surface area contributed by atoms with E-state index in [1.54, 1.807) is 7.05 Å². The van der Waals surface area contributed by atoms with Crippen molar-refractivity contribution in [2.75, 3.05) is 51.2 Å². The lowest BCUT2D eigenvalue weighted by Crippen LogP contribution is -2.47. The van der Waals surface area contributed by atoms with Gasteiger partial charge in [-0.3, -0.25) is 14.3 Å². The molecule has 32 heavy (non-hydrogen) atoms. The molecule has 172 valence electrons. The number of rotatable bonds is 7. The molecule has 0 unspecified atom stereocenters. The van der Waals surface area contributed by atoms with Gasteiger partial charge in [0.05, 0.1) is 6.54 Å². The molecule has 0 radical (unpaired) electrons.